The van der Waals surface area contributed by atoms with Crippen LogP contribution in [0.3, 0.4) is 0 Å². The summed E-state index contributed by atoms with van der Waals surface area (Å²) in [6.45, 7) is 0.355. The number of nitrogens with zero attached hydrogens (tertiary/aromatic N) is 3. The van der Waals surface area contributed by atoms with Gasteiger partial charge in [0, 0.05) is 7.11 Å². The summed E-state index contributed by atoms with van der Waals surface area (Å²) in [7, 11) is 1.57. The predicted molar refractivity (Wildman–Crippen MR) is 41.5 cm³/mol. The second-order valence-corrected chi connectivity index (χ2v) is 3.06. The summed E-state index contributed by atoms with van der Waals surface area (Å²) < 4.78 is 9.83. The minimum Gasteiger partial charge on any atom is -0.377 e. The minimum atomic E-state index is 0.0656. The Morgan fingerprint density at radius 2 is 2.62 bits per heavy atom. The SMILES string of the molecule is COCc1noc(C2CC2C#N)n1. The third-order valence-electron chi connectivity index (χ3n) is 2.03. The summed E-state index contributed by atoms with van der Waals surface area (Å²) in [5.41, 5.74) is 0. The number of nitriles is 1. The van der Waals surface area contributed by atoms with Crippen molar-refractivity contribution in [3.63, 3.8) is 0 Å². The third-order valence-corrected chi connectivity index (χ3v) is 2.03. The van der Waals surface area contributed by atoms with Crippen molar-refractivity contribution in [1.29, 1.82) is 5.26 Å². The van der Waals surface area contributed by atoms with E-state index in [4.69, 9.17) is 14.5 Å². The van der Waals surface area contributed by atoms with Crippen molar-refractivity contribution in [2.75, 3.05) is 7.11 Å². The molecule has 0 aliphatic heterocycles. The van der Waals surface area contributed by atoms with Crippen LogP contribution in [0.15, 0.2) is 4.52 Å². The molecule has 68 valence electrons. The van der Waals surface area contributed by atoms with Gasteiger partial charge in [-0.05, 0) is 6.42 Å². The lowest BCUT2D eigenvalue weighted by Crippen LogP contribution is -1.90. The Morgan fingerprint density at radius 3 is 3.23 bits per heavy atom. The van der Waals surface area contributed by atoms with Gasteiger partial charge in [0.15, 0.2) is 5.82 Å². The fourth-order valence-electron chi connectivity index (χ4n) is 1.22. The van der Waals surface area contributed by atoms with Crippen LogP contribution >= 0.6 is 0 Å². The van der Waals surface area contributed by atoms with Gasteiger partial charge >= 0.3 is 0 Å². The van der Waals surface area contributed by atoms with Crippen molar-refractivity contribution in [3.8, 4) is 6.07 Å². The second kappa shape index (κ2) is 3.15. The maximum Gasteiger partial charge on any atom is 0.231 e. The van der Waals surface area contributed by atoms with Crippen LogP contribution < -0.4 is 0 Å². The monoisotopic (exact) mass is 179 g/mol. The smallest absolute Gasteiger partial charge is 0.231 e. The molecule has 1 aromatic heterocycles. The van der Waals surface area contributed by atoms with Crippen molar-refractivity contribution < 1.29 is 9.26 Å². The van der Waals surface area contributed by atoms with Crippen LogP contribution in [0, 0.1) is 17.2 Å². The molecule has 2 atom stereocenters. The molecule has 1 aliphatic rings. The van der Waals surface area contributed by atoms with Gasteiger partial charge in [0.1, 0.15) is 6.61 Å². The summed E-state index contributed by atoms with van der Waals surface area (Å²) >= 11 is 0. The number of hydrogen-bond donors (Lipinski definition) is 0. The lowest BCUT2D eigenvalue weighted by Gasteiger charge is -1.86. The highest BCUT2D eigenvalue weighted by Gasteiger charge is 2.43. The lowest BCUT2D eigenvalue weighted by atomic mass is 10.3. The molecule has 1 aromatic rings. The van der Waals surface area contributed by atoms with Gasteiger partial charge in [0.25, 0.3) is 0 Å². The number of hydrogen-bond acceptors (Lipinski definition) is 5. The first-order valence-corrected chi connectivity index (χ1v) is 4.06. The van der Waals surface area contributed by atoms with Crippen LogP contribution in [0.25, 0.3) is 0 Å². The van der Waals surface area contributed by atoms with Gasteiger partial charge in [-0.2, -0.15) is 10.2 Å². The molecule has 0 spiro atoms. The molecule has 2 rings (SSSR count). The molecule has 0 radical (unpaired) electrons. The van der Waals surface area contributed by atoms with Crippen molar-refractivity contribution in [2.24, 2.45) is 5.92 Å². The lowest BCUT2D eigenvalue weighted by molar-refractivity contribution is 0.174. The minimum absolute atomic E-state index is 0.0656. The van der Waals surface area contributed by atoms with E-state index in [1.54, 1.807) is 7.11 Å². The van der Waals surface area contributed by atoms with E-state index >= 15 is 0 Å². The van der Waals surface area contributed by atoms with Gasteiger partial charge in [-0.3, -0.25) is 0 Å². The highest BCUT2D eigenvalue weighted by Crippen LogP contribution is 2.45. The molecule has 0 bridgehead atoms. The van der Waals surface area contributed by atoms with Crippen LogP contribution in [-0.2, 0) is 11.3 Å². The first kappa shape index (κ1) is 8.20. The van der Waals surface area contributed by atoms with Crippen LogP contribution in [0.2, 0.25) is 0 Å². The Balaban J connectivity index is 2.03. The molecular formula is C8H9N3O2. The average Bonchev–Trinajstić information content (AvgIpc) is 2.80. The number of rotatable bonds is 3. The molecule has 13 heavy (non-hydrogen) atoms. The summed E-state index contributed by atoms with van der Waals surface area (Å²) in [5.74, 6) is 1.33. The van der Waals surface area contributed by atoms with Crippen LogP contribution in [0.1, 0.15) is 24.1 Å². The first-order chi connectivity index (χ1) is 6.35. The molecule has 1 heterocycles. The second-order valence-electron chi connectivity index (χ2n) is 3.06. The Kier molecular flexibility index (Phi) is 1.99. The number of ether oxygens (including phenoxy) is 1. The summed E-state index contributed by atoms with van der Waals surface area (Å²) in [6.07, 6.45) is 0.838. The predicted octanol–water partition coefficient (Wildman–Crippen LogP) is 0.843. The topological polar surface area (TPSA) is 71.9 Å². The van der Waals surface area contributed by atoms with Crippen molar-refractivity contribution in [1.82, 2.24) is 10.1 Å². The Labute approximate surface area is 75.3 Å². The number of methoxy groups -OCH3 is 1. The van der Waals surface area contributed by atoms with E-state index in [2.05, 4.69) is 16.2 Å². The van der Waals surface area contributed by atoms with E-state index in [1.807, 2.05) is 0 Å². The zero-order chi connectivity index (χ0) is 9.26. The first-order valence-electron chi connectivity index (χ1n) is 4.06. The zero-order valence-electron chi connectivity index (χ0n) is 7.23. The molecule has 1 saturated carbocycles. The maximum absolute atomic E-state index is 8.58. The van der Waals surface area contributed by atoms with Crippen LogP contribution in [-0.4, -0.2) is 17.3 Å². The van der Waals surface area contributed by atoms with Gasteiger partial charge in [-0.1, -0.05) is 5.16 Å². The summed E-state index contributed by atoms with van der Waals surface area (Å²) in [6, 6.07) is 2.17. The van der Waals surface area contributed by atoms with Crippen LogP contribution in [0.4, 0.5) is 0 Å². The van der Waals surface area contributed by atoms with Crippen molar-refractivity contribution >= 4 is 0 Å². The Bertz CT molecular complexity index is 341. The van der Waals surface area contributed by atoms with Crippen molar-refractivity contribution in [3.05, 3.63) is 11.7 Å². The Hall–Kier alpha value is -1.41. The Morgan fingerprint density at radius 1 is 1.77 bits per heavy atom. The molecule has 5 nitrogen and oxygen atoms in total. The van der Waals surface area contributed by atoms with E-state index in [0.29, 0.717) is 18.3 Å². The maximum atomic E-state index is 8.58. The molecule has 1 aliphatic carbocycles. The molecule has 0 amide bonds. The largest absolute Gasteiger partial charge is 0.377 e. The molecule has 5 heteroatoms. The van der Waals surface area contributed by atoms with Gasteiger partial charge in [-0.15, -0.1) is 0 Å². The normalized spacial score (nSPS) is 25.5. The molecule has 1 fully saturated rings. The average molecular weight is 179 g/mol. The van der Waals surface area contributed by atoms with E-state index in [0.717, 1.165) is 6.42 Å². The molecule has 0 aromatic carbocycles. The van der Waals surface area contributed by atoms with E-state index in [1.165, 1.54) is 0 Å². The fourth-order valence-corrected chi connectivity index (χ4v) is 1.22. The van der Waals surface area contributed by atoms with Gasteiger partial charge in [0.05, 0.1) is 17.9 Å². The van der Waals surface area contributed by atoms with E-state index < -0.39 is 0 Å². The molecule has 0 saturated heterocycles. The van der Waals surface area contributed by atoms with Crippen molar-refractivity contribution in [2.45, 2.75) is 18.9 Å². The third kappa shape index (κ3) is 1.53. The van der Waals surface area contributed by atoms with E-state index in [-0.39, 0.29) is 11.8 Å². The van der Waals surface area contributed by atoms with Crippen LogP contribution in [0.5, 0.6) is 0 Å². The highest BCUT2D eigenvalue weighted by molar-refractivity contribution is 5.15. The molecule has 2 unspecified atom stereocenters. The van der Waals surface area contributed by atoms with Gasteiger partial charge in [-0.25, -0.2) is 0 Å². The van der Waals surface area contributed by atoms with Gasteiger partial charge < -0.3 is 9.26 Å². The summed E-state index contributed by atoms with van der Waals surface area (Å²) in [5, 5.41) is 12.3. The molecular weight excluding hydrogens is 170 g/mol. The quantitative estimate of drug-likeness (QED) is 0.687. The van der Waals surface area contributed by atoms with E-state index in [9.17, 15) is 0 Å². The number of aromatic nitrogens is 2. The highest BCUT2D eigenvalue weighted by atomic mass is 16.5. The van der Waals surface area contributed by atoms with Gasteiger partial charge in [0.2, 0.25) is 5.89 Å². The summed E-state index contributed by atoms with van der Waals surface area (Å²) in [4.78, 5) is 4.11. The standard InChI is InChI=1S/C8H9N3O2/c1-12-4-7-10-8(13-11-7)6-2-5(6)3-9/h5-6H,2,4H2,1H3. The zero-order valence-corrected chi connectivity index (χ0v) is 7.23. The fraction of sp³-hybridized carbons (Fsp3) is 0.625. The molecule has 0 N–H and O–H groups in total.